The van der Waals surface area contributed by atoms with Crippen molar-refractivity contribution in [2.45, 2.75) is 18.5 Å². The van der Waals surface area contributed by atoms with E-state index in [0.29, 0.717) is 5.56 Å². The highest BCUT2D eigenvalue weighted by molar-refractivity contribution is 7.62. The molecule has 0 saturated carbocycles. The molecular formula is C12H18FN2O2P. The molecule has 0 aliphatic heterocycles. The molecule has 0 bridgehead atoms. The van der Waals surface area contributed by atoms with E-state index in [1.807, 2.05) is 0 Å². The van der Waals surface area contributed by atoms with E-state index in [4.69, 9.17) is 5.73 Å². The van der Waals surface area contributed by atoms with Crippen LogP contribution >= 0.6 is 7.14 Å². The average molecular weight is 272 g/mol. The van der Waals surface area contributed by atoms with Crippen molar-refractivity contribution < 1.29 is 13.8 Å². The second-order valence-corrected chi connectivity index (χ2v) is 7.98. The van der Waals surface area contributed by atoms with Crippen LogP contribution < -0.4 is 11.1 Å². The summed E-state index contributed by atoms with van der Waals surface area (Å²) in [6.45, 7) is 2.73. The van der Waals surface area contributed by atoms with Gasteiger partial charge in [-0.05, 0) is 25.5 Å². The lowest BCUT2D eigenvalue weighted by Gasteiger charge is -2.19. The normalized spacial score (nSPS) is 14.9. The minimum Gasteiger partial charge on any atom is -0.337 e. The molecule has 0 spiro atoms. The summed E-state index contributed by atoms with van der Waals surface area (Å²) in [6, 6.07) is 8.52. The number of alkyl halides is 1. The summed E-state index contributed by atoms with van der Waals surface area (Å²) in [7, 11) is -2.82. The number of hydrogen-bond donors (Lipinski definition) is 2. The van der Waals surface area contributed by atoms with Crippen LogP contribution in [0.15, 0.2) is 30.3 Å². The summed E-state index contributed by atoms with van der Waals surface area (Å²) in [4.78, 5) is 11.7. The van der Waals surface area contributed by atoms with Crippen LogP contribution in [0.4, 0.5) is 4.39 Å². The smallest absolute Gasteiger partial charge is 0.252 e. The number of nitrogens with two attached hydrogens (primary N) is 1. The van der Waals surface area contributed by atoms with Crippen LogP contribution in [0.1, 0.15) is 16.8 Å². The van der Waals surface area contributed by atoms with Crippen molar-refractivity contribution in [1.82, 2.24) is 5.32 Å². The maximum atomic E-state index is 13.5. The molecule has 1 rings (SSSR count). The van der Waals surface area contributed by atoms with Crippen LogP contribution in [0.3, 0.4) is 0 Å². The average Bonchev–Trinajstić information content (AvgIpc) is 2.28. The maximum absolute atomic E-state index is 13.5. The number of rotatable bonds is 5. The van der Waals surface area contributed by atoms with Crippen molar-refractivity contribution in [2.75, 3.05) is 13.3 Å². The van der Waals surface area contributed by atoms with Gasteiger partial charge in [0.05, 0.1) is 6.17 Å². The number of carbonyl (C=O) groups is 1. The van der Waals surface area contributed by atoms with Crippen LogP contribution in [-0.2, 0) is 4.57 Å². The van der Waals surface area contributed by atoms with Gasteiger partial charge >= 0.3 is 0 Å². The fraction of sp³-hybridized carbons (Fsp3) is 0.417. The molecule has 1 aromatic rings. The van der Waals surface area contributed by atoms with Gasteiger partial charge in [0.15, 0.2) is 5.91 Å². The first-order chi connectivity index (χ1) is 8.30. The van der Waals surface area contributed by atoms with E-state index >= 15 is 0 Å². The third kappa shape index (κ3) is 4.59. The van der Waals surface area contributed by atoms with Crippen LogP contribution in [0.25, 0.3) is 0 Å². The Morgan fingerprint density at radius 3 is 2.44 bits per heavy atom. The fourth-order valence-corrected chi connectivity index (χ4v) is 2.10. The quantitative estimate of drug-likeness (QED) is 0.636. The molecule has 4 nitrogen and oxygen atoms in total. The van der Waals surface area contributed by atoms with E-state index in [1.54, 1.807) is 30.3 Å². The van der Waals surface area contributed by atoms with Crippen molar-refractivity contribution in [3.8, 4) is 0 Å². The Morgan fingerprint density at radius 1 is 1.39 bits per heavy atom. The van der Waals surface area contributed by atoms with Gasteiger partial charge in [-0.2, -0.15) is 0 Å². The van der Waals surface area contributed by atoms with Crippen molar-refractivity contribution in [3.05, 3.63) is 35.9 Å². The van der Waals surface area contributed by atoms with Crippen molar-refractivity contribution in [3.63, 3.8) is 0 Å². The molecule has 0 aliphatic rings. The molecule has 100 valence electrons. The summed E-state index contributed by atoms with van der Waals surface area (Å²) < 4.78 is 25.0. The number of halogens is 1. The van der Waals surface area contributed by atoms with E-state index in [0.717, 1.165) is 0 Å². The Labute approximate surface area is 106 Å². The van der Waals surface area contributed by atoms with E-state index < -0.39 is 19.2 Å². The highest BCUT2D eigenvalue weighted by Gasteiger charge is 2.25. The second kappa shape index (κ2) is 6.12. The zero-order valence-electron chi connectivity index (χ0n) is 10.5. The minimum absolute atomic E-state index is 0.150. The van der Waals surface area contributed by atoms with Crippen LogP contribution in [0, 0.1) is 0 Å². The predicted octanol–water partition coefficient (Wildman–Crippen LogP) is 2.01. The van der Waals surface area contributed by atoms with Gasteiger partial charge in [0.25, 0.3) is 5.91 Å². The molecule has 1 amide bonds. The lowest BCUT2D eigenvalue weighted by Crippen LogP contribution is -2.43. The van der Waals surface area contributed by atoms with Crippen LogP contribution in [0.5, 0.6) is 0 Å². The number of benzene rings is 1. The zero-order chi connectivity index (χ0) is 13.8. The molecule has 0 fully saturated rings. The molecule has 0 aliphatic carbocycles. The van der Waals surface area contributed by atoms with Crippen molar-refractivity contribution in [2.24, 2.45) is 5.73 Å². The first-order valence-electron chi connectivity index (χ1n) is 5.61. The topological polar surface area (TPSA) is 72.2 Å². The van der Waals surface area contributed by atoms with E-state index in [9.17, 15) is 13.8 Å². The number of carbonyl (C=O) groups excluding carboxylic acids is 1. The molecular weight excluding hydrogens is 254 g/mol. The molecule has 6 heteroatoms. The van der Waals surface area contributed by atoms with Crippen molar-refractivity contribution in [1.29, 1.82) is 0 Å². The van der Waals surface area contributed by atoms with Crippen molar-refractivity contribution >= 4 is 13.0 Å². The molecule has 0 heterocycles. The number of hydrogen-bond acceptors (Lipinski definition) is 3. The monoisotopic (exact) mass is 272 g/mol. The van der Waals surface area contributed by atoms with E-state index in [1.165, 1.54) is 13.3 Å². The summed E-state index contributed by atoms with van der Waals surface area (Å²) in [5, 5.41) is 2.48. The zero-order valence-corrected chi connectivity index (χ0v) is 11.4. The first kappa shape index (κ1) is 14.9. The van der Waals surface area contributed by atoms with Gasteiger partial charge in [0.1, 0.15) is 7.14 Å². The van der Waals surface area contributed by atoms with Gasteiger partial charge in [-0.1, -0.05) is 18.2 Å². The van der Waals surface area contributed by atoms with Gasteiger partial charge in [0, 0.05) is 12.0 Å². The van der Waals surface area contributed by atoms with Crippen LogP contribution in [-0.4, -0.2) is 31.3 Å². The summed E-state index contributed by atoms with van der Waals surface area (Å²) in [5.41, 5.74) is 6.07. The summed E-state index contributed by atoms with van der Waals surface area (Å²) >= 11 is 0. The van der Waals surface area contributed by atoms with Gasteiger partial charge in [-0.3, -0.25) is 4.79 Å². The molecule has 2 atom stereocenters. The van der Waals surface area contributed by atoms with Gasteiger partial charge in [-0.25, -0.2) is 4.39 Å². The Morgan fingerprint density at radius 2 is 1.94 bits per heavy atom. The van der Waals surface area contributed by atoms with Gasteiger partial charge < -0.3 is 15.6 Å². The third-order valence-electron chi connectivity index (χ3n) is 2.48. The molecule has 1 aromatic carbocycles. The summed E-state index contributed by atoms with van der Waals surface area (Å²) in [6.07, 6.45) is -0.996. The minimum atomic E-state index is -2.82. The van der Waals surface area contributed by atoms with E-state index in [2.05, 4.69) is 5.32 Å². The third-order valence-corrected chi connectivity index (χ3v) is 4.04. The van der Waals surface area contributed by atoms with E-state index in [-0.39, 0.29) is 12.3 Å². The molecule has 3 N–H and O–H groups in total. The summed E-state index contributed by atoms with van der Waals surface area (Å²) in [5.74, 6) is -1.86. The van der Waals surface area contributed by atoms with Gasteiger partial charge in [-0.15, -0.1) is 0 Å². The second-order valence-electron chi connectivity index (χ2n) is 4.55. The molecule has 0 radical (unpaired) electrons. The Balaban J connectivity index is 2.53. The lowest BCUT2D eigenvalue weighted by atomic mass is 10.2. The SMILES string of the molecule is CP(C)(=O)C(F)CC(N)NC(=O)c1ccccc1. The lowest BCUT2D eigenvalue weighted by molar-refractivity contribution is 0.0933. The Bertz CT molecular complexity index is 447. The van der Waals surface area contributed by atoms with Crippen LogP contribution in [0.2, 0.25) is 0 Å². The predicted molar refractivity (Wildman–Crippen MR) is 70.9 cm³/mol. The fourth-order valence-electron chi connectivity index (χ4n) is 1.36. The van der Waals surface area contributed by atoms with Gasteiger partial charge in [0.2, 0.25) is 0 Å². The highest BCUT2D eigenvalue weighted by atomic mass is 31.2. The maximum Gasteiger partial charge on any atom is 0.252 e. The molecule has 2 unspecified atom stereocenters. The standard InChI is InChI=1S/C12H18FN2O2P/c1-18(2,17)10(13)8-11(14)15-12(16)9-6-4-3-5-7-9/h3-7,10-11H,8,14H2,1-2H3,(H,15,16). The molecule has 0 saturated heterocycles. The Kier molecular flexibility index (Phi) is 5.05. The Hall–Kier alpha value is -1.19. The molecule has 0 aromatic heterocycles. The number of amides is 1. The number of nitrogens with one attached hydrogen (secondary N) is 1. The molecule has 18 heavy (non-hydrogen) atoms. The first-order valence-corrected chi connectivity index (χ1v) is 8.28. The highest BCUT2D eigenvalue weighted by Crippen LogP contribution is 2.44. The largest absolute Gasteiger partial charge is 0.337 e.